The van der Waals surface area contributed by atoms with Crippen LogP contribution in [0.4, 0.5) is 18.9 Å². The molecule has 4 aliphatic heterocycles. The molecule has 4 saturated heterocycles. The summed E-state index contributed by atoms with van der Waals surface area (Å²) in [5.74, 6) is -0.420. The van der Waals surface area contributed by atoms with Crippen LogP contribution in [-0.2, 0) is 48.5 Å². The van der Waals surface area contributed by atoms with Crippen molar-refractivity contribution in [1.29, 1.82) is 0 Å². The van der Waals surface area contributed by atoms with Crippen LogP contribution in [0.3, 0.4) is 0 Å². The van der Waals surface area contributed by atoms with Crippen LogP contribution < -0.4 is 16.0 Å². The van der Waals surface area contributed by atoms with Crippen LogP contribution in [0.2, 0.25) is 15.1 Å². The van der Waals surface area contributed by atoms with Crippen molar-refractivity contribution in [2.24, 2.45) is 16.6 Å². The normalized spacial score (nSPS) is 16.3. The summed E-state index contributed by atoms with van der Waals surface area (Å²) in [6.45, 7) is 9.13. The Morgan fingerprint density at radius 1 is 0.509 bits per heavy atom. The fourth-order valence-corrected chi connectivity index (χ4v) is 15.2. The molecule has 21 nitrogen and oxygen atoms in total. The van der Waals surface area contributed by atoms with Crippen LogP contribution in [0.1, 0.15) is 151 Å². The van der Waals surface area contributed by atoms with E-state index in [-0.39, 0.29) is 82.2 Å². The molecule has 7 aliphatic rings. The van der Waals surface area contributed by atoms with E-state index in [2.05, 4.69) is 124 Å². The molecule has 3 saturated carbocycles. The molecule has 3 aliphatic carbocycles. The molecule has 2 spiro atoms. The topological polar surface area (TPSA) is 237 Å². The Balaban J connectivity index is 0.000000123. The average Bonchev–Trinajstić information content (AvgIpc) is 1.36. The van der Waals surface area contributed by atoms with E-state index in [0.717, 1.165) is 79.2 Å². The second-order valence-electron chi connectivity index (χ2n) is 28.8. The number of carboxylic acids is 1. The van der Waals surface area contributed by atoms with Gasteiger partial charge in [0.25, 0.3) is 0 Å². The van der Waals surface area contributed by atoms with E-state index < -0.39 is 23.4 Å². The number of halogens is 9. The lowest BCUT2D eigenvalue weighted by Crippen LogP contribution is -2.66. The number of Topliss-reactive ketones (excluding diaryl/α,β-unsaturated/α-hetero) is 2. The number of anilines is 1. The van der Waals surface area contributed by atoms with E-state index in [1.165, 1.54) is 92.8 Å². The molecular formula is C78H76Br2Cl4F3N15O6. The Bertz CT molecular complexity index is 5310. The van der Waals surface area contributed by atoms with Crippen LogP contribution in [0.5, 0.6) is 0 Å². The van der Waals surface area contributed by atoms with Crippen LogP contribution in [0, 0.1) is 28.3 Å². The maximum Gasteiger partial charge on any atom is 0.338 e. The third-order valence-electron chi connectivity index (χ3n) is 20.4. The van der Waals surface area contributed by atoms with Crippen molar-refractivity contribution in [3.8, 4) is 0 Å². The van der Waals surface area contributed by atoms with E-state index in [9.17, 15) is 23.2 Å². The fraction of sp³-hybridized carbons (Fsp3) is 0.346. The van der Waals surface area contributed by atoms with Crippen molar-refractivity contribution in [3.05, 3.63) is 256 Å². The second kappa shape index (κ2) is 32.7. The first-order chi connectivity index (χ1) is 51.7. The van der Waals surface area contributed by atoms with Crippen molar-refractivity contribution in [3.63, 3.8) is 0 Å². The molecule has 13 heterocycles. The molecular weight excluding hydrogens is 1600 g/mol. The maximum absolute atomic E-state index is 15.0. The number of carbonyl (C=O) groups is 3. The number of nitrogens with one attached hydrogen (secondary N) is 1. The molecule has 562 valence electrons. The largest absolute Gasteiger partial charge is 0.478 e. The summed E-state index contributed by atoms with van der Waals surface area (Å²) in [6, 6.07) is 22.4. The van der Waals surface area contributed by atoms with E-state index in [1.54, 1.807) is 57.0 Å². The highest BCUT2D eigenvalue weighted by atomic mass is 79.9. The second-order valence-corrected chi connectivity index (χ2v) is 31.7. The molecule has 7 fully saturated rings. The Labute approximate surface area is 657 Å². The molecule has 12 aromatic rings. The number of aromatic nitrogens is 12. The van der Waals surface area contributed by atoms with E-state index in [0.29, 0.717) is 79.6 Å². The summed E-state index contributed by atoms with van der Waals surface area (Å²) in [4.78, 5) is 52.5. The number of imidazole rings is 3. The maximum atomic E-state index is 15.0. The molecule has 30 heteroatoms. The fourth-order valence-electron chi connectivity index (χ4n) is 13.7. The zero-order chi connectivity index (χ0) is 74.3. The first-order valence-corrected chi connectivity index (χ1v) is 38.3. The first-order valence-electron chi connectivity index (χ1n) is 35.5. The van der Waals surface area contributed by atoms with Crippen molar-refractivity contribution in [2.75, 3.05) is 57.5 Å². The molecule has 4 N–H and O–H groups in total. The van der Waals surface area contributed by atoms with Gasteiger partial charge in [-0.05, 0) is 140 Å². The molecule has 0 radical (unpaired) electrons. The van der Waals surface area contributed by atoms with E-state index in [4.69, 9.17) is 55.1 Å². The number of carboxylic acid groups (broad SMARTS) is 1. The van der Waals surface area contributed by atoms with Crippen molar-refractivity contribution < 1.29 is 42.1 Å². The van der Waals surface area contributed by atoms with Crippen molar-refractivity contribution in [1.82, 2.24) is 62.8 Å². The number of benzene rings is 3. The van der Waals surface area contributed by atoms with Gasteiger partial charge in [-0.15, -0.1) is 12.4 Å². The molecule has 0 bridgehead atoms. The number of pyridine rings is 3. The third kappa shape index (κ3) is 17.6. The van der Waals surface area contributed by atoms with Crippen LogP contribution in [0.25, 0.3) is 16.9 Å². The van der Waals surface area contributed by atoms with Crippen LogP contribution >= 0.6 is 79.1 Å². The van der Waals surface area contributed by atoms with Gasteiger partial charge in [-0.1, -0.05) is 84.9 Å². The average molecular weight is 1680 g/mol. The summed E-state index contributed by atoms with van der Waals surface area (Å²) in [6.07, 6.45) is 30.4. The Hall–Kier alpha value is -8.28. The highest BCUT2D eigenvalue weighted by Crippen LogP contribution is 2.44. The molecule has 0 amide bonds. The molecule has 108 heavy (non-hydrogen) atoms. The Morgan fingerprint density at radius 3 is 1.24 bits per heavy atom. The molecule has 0 unspecified atom stereocenters. The molecule has 9 aromatic heterocycles. The SMILES string of the molecule is C1NCC12COC2.Cl.NCc1c(Br)ccc(Cl)c1F.O=C(CCc1c(Br)ccc(Cl)c1F)c1cnn(Cc2cn3cc(C4CC4)ccc3n2)c1.O=C(CCc1c(N2CC3(COC3)C2)ccc(Cl)c1F)c1cnn(Cc2cn3cc(C4CC4)ccc3n2)c1.O=C(O)c1cnn(Cc2cn3cc(C4CC4)ccc3n2)c1. The van der Waals surface area contributed by atoms with Gasteiger partial charge in [0.1, 0.15) is 34.4 Å². The number of aromatic carboxylic acids is 1. The standard InChI is InChI=1S/C28H27ClFN5O2.C23H19BrClFN4O.C15H14N4O2.C7H6BrClFN.C5H9NO.ClH/c29-23-5-6-24(34-14-28(15-34)16-37-17-28)22(27(23)30)4-7-25(36)20-9-31-35(11-20)13-21-12-33-10-19(18-1-2-18)3-8-26(33)32-21;24-19-5-6-20(25)23(26)18(19)4-7-21(31)16-9-27-30(11-16)13-17-12-29-10-15(14-1-2-14)3-8-22(29)28-17;20-15(21)12-5-16-19(7-12)9-13-8-18-6-11(10-1-2-10)3-4-14(18)17-13;8-5-1-2-6(9)7(10)4(5)3-11;1-5(2-6-1)3-7-4-5;/h3,5-6,8-12,18H,1-2,4,7,13-17H2;3,5-6,8-12,14H,1-2,4,7,13H2;3-8,10H,1-2,9H2,(H,20,21);1-2H,3,11H2;6H,1-4H2;1H. The lowest BCUT2D eigenvalue weighted by molar-refractivity contribution is -0.139. The summed E-state index contributed by atoms with van der Waals surface area (Å²) in [5.41, 5.74) is 18.8. The minimum Gasteiger partial charge on any atom is -0.478 e. The number of ether oxygens (including phenoxy) is 2. The predicted molar refractivity (Wildman–Crippen MR) is 414 cm³/mol. The first kappa shape index (κ1) is 76.5. The summed E-state index contributed by atoms with van der Waals surface area (Å²) >= 11 is 23.9. The lowest BCUT2D eigenvalue weighted by Gasteiger charge is -2.56. The van der Waals surface area contributed by atoms with E-state index >= 15 is 4.39 Å². The molecule has 19 rings (SSSR count). The van der Waals surface area contributed by atoms with Crippen molar-refractivity contribution >= 4 is 119 Å². The highest BCUT2D eigenvalue weighted by molar-refractivity contribution is 9.10. The highest BCUT2D eigenvalue weighted by Gasteiger charge is 2.50. The van der Waals surface area contributed by atoms with Gasteiger partial charge in [-0.25, -0.2) is 32.9 Å². The predicted octanol–water partition coefficient (Wildman–Crippen LogP) is 15.6. The Morgan fingerprint density at radius 2 is 0.889 bits per heavy atom. The van der Waals surface area contributed by atoms with Gasteiger partial charge < -0.3 is 43.7 Å². The van der Waals surface area contributed by atoms with Gasteiger partial charge >= 0.3 is 5.97 Å². The van der Waals surface area contributed by atoms with Gasteiger partial charge in [-0.3, -0.25) is 23.6 Å². The number of nitrogens with zero attached hydrogens (tertiary/aromatic N) is 13. The van der Waals surface area contributed by atoms with Crippen molar-refractivity contribution in [2.45, 2.75) is 108 Å². The van der Waals surface area contributed by atoms with Gasteiger partial charge in [0.15, 0.2) is 11.6 Å². The minimum atomic E-state index is -0.967. The van der Waals surface area contributed by atoms with Gasteiger partial charge in [-0.2, -0.15) is 15.3 Å². The number of rotatable bonds is 20. The zero-order valence-electron chi connectivity index (χ0n) is 58.5. The number of hydrogen-bond donors (Lipinski definition) is 3. The number of nitrogens with two attached hydrogens (primary N) is 1. The van der Waals surface area contributed by atoms with Gasteiger partial charge in [0, 0.05) is 138 Å². The monoisotopic (exact) mass is 1670 g/mol. The van der Waals surface area contributed by atoms with Gasteiger partial charge in [0.05, 0.1) is 119 Å². The molecule has 0 atom stereocenters. The number of fused-ring (bicyclic) bond motifs is 3. The van der Waals surface area contributed by atoms with E-state index in [1.807, 2.05) is 41.2 Å². The number of carbonyl (C=O) groups excluding carboxylic acids is 2. The third-order valence-corrected chi connectivity index (χ3v) is 22.7. The summed E-state index contributed by atoms with van der Waals surface area (Å²) < 4.78 is 65.1. The quantitative estimate of drug-likeness (QED) is 0.0475. The zero-order valence-corrected chi connectivity index (χ0v) is 64.7. The lowest BCUT2D eigenvalue weighted by atomic mass is 9.77. The molecule has 3 aromatic carbocycles. The number of ketones is 2. The summed E-state index contributed by atoms with van der Waals surface area (Å²) in [5, 5.41) is 25.1. The van der Waals surface area contributed by atoms with Crippen LogP contribution in [0.15, 0.2) is 156 Å². The van der Waals surface area contributed by atoms with Crippen LogP contribution in [-0.4, -0.2) is 133 Å². The Kier molecular flexibility index (Phi) is 23.2. The summed E-state index contributed by atoms with van der Waals surface area (Å²) in [7, 11) is 0. The number of hydrogen-bond acceptors (Lipinski definition) is 14. The minimum absolute atomic E-state index is 0. The van der Waals surface area contributed by atoms with Gasteiger partial charge in [0.2, 0.25) is 0 Å². The smallest absolute Gasteiger partial charge is 0.338 e.